The van der Waals surface area contributed by atoms with Crippen LogP contribution in [0.5, 0.6) is 0 Å². The van der Waals surface area contributed by atoms with Crippen LogP contribution in [0.3, 0.4) is 0 Å². The lowest BCUT2D eigenvalue weighted by Gasteiger charge is -2.19. The van der Waals surface area contributed by atoms with Crippen LogP contribution in [0.15, 0.2) is 89.1 Å². The molecule has 2 N–H and O–H groups in total. The fourth-order valence-electron chi connectivity index (χ4n) is 3.77. The Balaban J connectivity index is 1.43. The first-order chi connectivity index (χ1) is 16.4. The molecule has 4 rings (SSSR count). The highest BCUT2D eigenvalue weighted by molar-refractivity contribution is 6.21. The zero-order chi connectivity index (χ0) is 24.1. The summed E-state index contributed by atoms with van der Waals surface area (Å²) in [5.74, 6) is -0.853. The van der Waals surface area contributed by atoms with Gasteiger partial charge in [-0.3, -0.25) is 4.79 Å². The van der Waals surface area contributed by atoms with Crippen molar-refractivity contribution in [3.63, 3.8) is 0 Å². The minimum absolute atomic E-state index is 0.000652. The number of carboxylic acids is 1. The number of hydrogen-bond donors (Lipinski definition) is 2. The van der Waals surface area contributed by atoms with Crippen LogP contribution in [0.4, 0.5) is 4.79 Å². The number of alkyl carbamates (subject to hydrolysis) is 1. The number of rotatable bonds is 7. The lowest BCUT2D eigenvalue weighted by atomic mass is 9.97. The van der Waals surface area contributed by atoms with Gasteiger partial charge in [-0.2, -0.15) is 10.2 Å². The summed E-state index contributed by atoms with van der Waals surface area (Å²) in [7, 11) is 0. The second kappa shape index (κ2) is 10.1. The summed E-state index contributed by atoms with van der Waals surface area (Å²) in [6, 6.07) is 24.3. The molecule has 0 aliphatic carbocycles. The molecule has 1 amide bonds. The number of carbonyl (C=O) groups is 2. The Labute approximate surface area is 197 Å². The second-order valence-electron chi connectivity index (χ2n) is 8.11. The van der Waals surface area contributed by atoms with E-state index >= 15 is 0 Å². The molecule has 1 aliphatic heterocycles. The summed E-state index contributed by atoms with van der Waals surface area (Å²) < 4.78 is 5.54. The van der Waals surface area contributed by atoms with Gasteiger partial charge >= 0.3 is 12.1 Å². The summed E-state index contributed by atoms with van der Waals surface area (Å²) in [6.45, 7) is 3.64. The highest BCUT2D eigenvalue weighted by Crippen LogP contribution is 2.23. The van der Waals surface area contributed by atoms with E-state index in [1.54, 1.807) is 0 Å². The molecule has 0 saturated carbocycles. The molecule has 7 heteroatoms. The number of carbonyl (C=O) groups excluding carboxylic acids is 1. The molecule has 0 aromatic heterocycles. The first-order valence-electron chi connectivity index (χ1n) is 11.0. The van der Waals surface area contributed by atoms with Gasteiger partial charge in [0.05, 0.1) is 17.8 Å². The van der Waals surface area contributed by atoms with Crippen LogP contribution < -0.4 is 5.32 Å². The van der Waals surface area contributed by atoms with Gasteiger partial charge in [0, 0.05) is 5.56 Å². The normalized spacial score (nSPS) is 15.8. The van der Waals surface area contributed by atoms with Crippen molar-refractivity contribution in [2.75, 3.05) is 0 Å². The van der Waals surface area contributed by atoms with Crippen LogP contribution in [-0.2, 0) is 16.0 Å². The molecular weight excluding hydrogens is 430 g/mol. The molecule has 0 bridgehead atoms. The number of nitrogens with zero attached hydrogens (tertiary/aromatic N) is 2. The van der Waals surface area contributed by atoms with Gasteiger partial charge in [-0.25, -0.2) is 4.79 Å². The lowest BCUT2D eigenvalue weighted by Crippen LogP contribution is -2.44. The van der Waals surface area contributed by atoms with E-state index in [1.165, 1.54) is 0 Å². The van der Waals surface area contributed by atoms with Crippen molar-refractivity contribution in [1.82, 2.24) is 5.32 Å². The maximum atomic E-state index is 12.6. The lowest BCUT2D eigenvalue weighted by molar-refractivity contribution is -0.136. The Hall–Kier alpha value is -4.26. The first-order valence-corrected chi connectivity index (χ1v) is 11.0. The standard InChI is InChI=1S/C27H25N3O4/c1-17-25(28-27(33)34-18(2)20-6-4-3-5-7-20)26(30-29-17)23-14-12-22(13-15-23)21-10-8-19(9-11-21)16-24(31)32/h3-15,18,25H,16H2,1-2H3,(H,28,33)(H,31,32)/t18?,25-/m1/s1. The van der Waals surface area contributed by atoms with E-state index in [-0.39, 0.29) is 12.5 Å². The maximum absolute atomic E-state index is 12.6. The van der Waals surface area contributed by atoms with E-state index in [0.717, 1.165) is 27.8 Å². The van der Waals surface area contributed by atoms with Crippen LogP contribution in [0.2, 0.25) is 0 Å². The van der Waals surface area contributed by atoms with E-state index in [4.69, 9.17) is 9.84 Å². The fourth-order valence-corrected chi connectivity index (χ4v) is 3.77. The van der Waals surface area contributed by atoms with Crippen LogP contribution in [0.25, 0.3) is 11.1 Å². The van der Waals surface area contributed by atoms with E-state index < -0.39 is 18.1 Å². The topological polar surface area (TPSA) is 100 Å². The molecule has 0 saturated heterocycles. The minimum Gasteiger partial charge on any atom is -0.481 e. The molecule has 34 heavy (non-hydrogen) atoms. The summed E-state index contributed by atoms with van der Waals surface area (Å²) in [5.41, 5.74) is 5.80. The molecule has 1 unspecified atom stereocenters. The minimum atomic E-state index is -0.853. The first kappa shape index (κ1) is 22.9. The molecule has 0 radical (unpaired) electrons. The largest absolute Gasteiger partial charge is 0.481 e. The number of carboxylic acid groups (broad SMARTS) is 1. The Morgan fingerprint density at radius 1 is 0.912 bits per heavy atom. The van der Waals surface area contributed by atoms with Gasteiger partial charge in [-0.1, -0.05) is 78.9 Å². The summed E-state index contributed by atoms with van der Waals surface area (Å²) in [4.78, 5) is 23.4. The van der Waals surface area contributed by atoms with Crippen LogP contribution >= 0.6 is 0 Å². The van der Waals surface area contributed by atoms with Crippen molar-refractivity contribution in [3.8, 4) is 11.1 Å². The fraction of sp³-hybridized carbons (Fsp3) is 0.185. The molecule has 1 heterocycles. The molecule has 172 valence electrons. The van der Waals surface area contributed by atoms with Gasteiger partial charge in [-0.15, -0.1) is 0 Å². The third-order valence-electron chi connectivity index (χ3n) is 5.64. The van der Waals surface area contributed by atoms with E-state index in [9.17, 15) is 9.59 Å². The van der Waals surface area contributed by atoms with E-state index in [0.29, 0.717) is 11.4 Å². The molecule has 7 nitrogen and oxygen atoms in total. The predicted molar refractivity (Wildman–Crippen MR) is 131 cm³/mol. The number of benzene rings is 3. The van der Waals surface area contributed by atoms with Gasteiger partial charge in [-0.05, 0) is 36.1 Å². The van der Waals surface area contributed by atoms with Gasteiger partial charge in [0.25, 0.3) is 0 Å². The van der Waals surface area contributed by atoms with Crippen molar-refractivity contribution in [2.24, 2.45) is 10.2 Å². The van der Waals surface area contributed by atoms with Gasteiger partial charge in [0.15, 0.2) is 0 Å². The van der Waals surface area contributed by atoms with Crippen molar-refractivity contribution in [2.45, 2.75) is 32.4 Å². The predicted octanol–water partition coefficient (Wildman–Crippen LogP) is 5.02. The van der Waals surface area contributed by atoms with Crippen LogP contribution in [-0.4, -0.2) is 34.6 Å². The monoisotopic (exact) mass is 455 g/mol. The molecular formula is C27H25N3O4. The highest BCUT2D eigenvalue weighted by atomic mass is 16.6. The number of amides is 1. The average Bonchev–Trinajstić information content (AvgIpc) is 3.19. The Morgan fingerprint density at radius 3 is 2.12 bits per heavy atom. The van der Waals surface area contributed by atoms with Gasteiger partial charge in [0.1, 0.15) is 12.1 Å². The molecule has 1 aliphatic rings. The summed E-state index contributed by atoms with van der Waals surface area (Å²) in [6.07, 6.45) is -0.927. The summed E-state index contributed by atoms with van der Waals surface area (Å²) >= 11 is 0. The third kappa shape index (κ3) is 5.38. The number of aliphatic carboxylic acids is 1. The van der Waals surface area contributed by atoms with Crippen LogP contribution in [0.1, 0.15) is 36.6 Å². The van der Waals surface area contributed by atoms with E-state index in [2.05, 4.69) is 15.5 Å². The van der Waals surface area contributed by atoms with Crippen molar-refractivity contribution >= 4 is 23.5 Å². The van der Waals surface area contributed by atoms with Crippen LogP contribution in [0, 0.1) is 0 Å². The molecule has 2 atom stereocenters. The number of ether oxygens (including phenoxy) is 1. The van der Waals surface area contributed by atoms with E-state index in [1.807, 2.05) is 92.7 Å². The smallest absolute Gasteiger partial charge is 0.408 e. The Kier molecular flexibility index (Phi) is 6.82. The number of hydrogen-bond acceptors (Lipinski definition) is 5. The Morgan fingerprint density at radius 2 is 1.50 bits per heavy atom. The number of nitrogens with one attached hydrogen (secondary N) is 1. The third-order valence-corrected chi connectivity index (χ3v) is 5.64. The zero-order valence-corrected chi connectivity index (χ0v) is 18.9. The van der Waals surface area contributed by atoms with Crippen molar-refractivity contribution in [3.05, 3.63) is 95.6 Å². The molecule has 3 aromatic carbocycles. The van der Waals surface area contributed by atoms with Gasteiger partial charge in [0.2, 0.25) is 0 Å². The zero-order valence-electron chi connectivity index (χ0n) is 18.9. The molecule has 0 spiro atoms. The SMILES string of the molecule is CC1=NN=C(c2ccc(-c3ccc(CC(=O)O)cc3)cc2)[C@@H]1NC(=O)OC(C)c1ccccc1. The quantitative estimate of drug-likeness (QED) is 0.523. The molecule has 3 aromatic rings. The summed E-state index contributed by atoms with van der Waals surface area (Å²) in [5, 5.41) is 20.2. The van der Waals surface area contributed by atoms with Gasteiger partial charge < -0.3 is 15.2 Å². The Bertz CT molecular complexity index is 1230. The second-order valence-corrected chi connectivity index (χ2v) is 8.11. The molecule has 0 fully saturated rings. The van der Waals surface area contributed by atoms with Crippen molar-refractivity contribution in [1.29, 1.82) is 0 Å². The maximum Gasteiger partial charge on any atom is 0.408 e. The average molecular weight is 456 g/mol. The van der Waals surface area contributed by atoms with Crippen molar-refractivity contribution < 1.29 is 19.4 Å². The highest BCUT2D eigenvalue weighted by Gasteiger charge is 2.28.